The Morgan fingerprint density at radius 3 is 1.13 bits per heavy atom. The molecule has 0 unspecified atom stereocenters. The third-order valence-corrected chi connectivity index (χ3v) is 3.35. The fourth-order valence-electron chi connectivity index (χ4n) is 2.23. The summed E-state index contributed by atoms with van der Waals surface area (Å²) in [7, 11) is 0. The first-order valence-corrected chi connectivity index (χ1v) is 6.78. The van der Waals surface area contributed by atoms with Crippen LogP contribution in [-0.2, 0) is 16.5 Å². The summed E-state index contributed by atoms with van der Waals surface area (Å²) in [6.07, 6.45) is 3.53. The Morgan fingerprint density at radius 2 is 0.870 bits per heavy atom. The second-order valence-corrected chi connectivity index (χ2v) is 5.04. The number of nitrogens with zero attached hydrogens (tertiary/aromatic N) is 2. The zero-order valence-corrected chi connectivity index (χ0v) is 17.7. The fourth-order valence-corrected chi connectivity index (χ4v) is 2.23. The molecule has 0 atom stereocenters. The van der Waals surface area contributed by atoms with Gasteiger partial charge in [-0.05, 0) is 49.9 Å². The van der Waals surface area contributed by atoms with Gasteiger partial charge in [0, 0.05) is 12.4 Å². The Labute approximate surface area is 170 Å². The molecule has 23 heavy (non-hydrogen) atoms. The molecule has 2 nitrogen and oxygen atoms in total. The smallest absolute Gasteiger partial charge is 1.00 e. The molecule has 0 saturated heterocycles. The maximum atomic E-state index is 4.51. The normalized spacial score (nSPS) is 10.1. The van der Waals surface area contributed by atoms with Crippen LogP contribution in [0.1, 0.15) is 22.3 Å². The summed E-state index contributed by atoms with van der Waals surface area (Å²) in [6, 6.07) is 12.4. The monoisotopic (exact) mass is 480 g/mol. The number of para-hydroxylation sites is 2. The Bertz CT molecular complexity index is 583. The standard InChI is InChI=1S/C18H20N2.2BrH.Ni/c1-13-7-5-8-14(2)17(13)19-11-12-20-18-15(3)9-6-10-16(18)4;;;/h5-12H,1-4H3;2*1H;/q;;;+2/p-2. The minimum Gasteiger partial charge on any atom is -1.00 e. The average Bonchev–Trinajstić information content (AvgIpc) is 2.40. The third kappa shape index (κ3) is 6.70. The number of aryl methyl sites for hydroxylation is 4. The number of hydrogen-bond acceptors (Lipinski definition) is 2. The Hall–Kier alpha value is -0.766. The number of aliphatic imine (C=N–C) groups is 2. The molecule has 2 rings (SSSR count). The third-order valence-electron chi connectivity index (χ3n) is 3.35. The van der Waals surface area contributed by atoms with Crippen molar-refractivity contribution in [3.63, 3.8) is 0 Å². The molecule has 0 amide bonds. The quantitative estimate of drug-likeness (QED) is 0.397. The molecular formula is C18H20Br2N2Ni. The molecule has 0 aliphatic carbocycles. The molecule has 0 spiro atoms. The molecule has 0 aromatic heterocycles. The number of hydrogen-bond donors (Lipinski definition) is 0. The van der Waals surface area contributed by atoms with Crippen LogP contribution in [0, 0.1) is 27.7 Å². The molecule has 0 aliphatic rings. The van der Waals surface area contributed by atoms with E-state index < -0.39 is 0 Å². The molecule has 126 valence electrons. The Balaban J connectivity index is 0. The van der Waals surface area contributed by atoms with Crippen LogP contribution in [-0.4, -0.2) is 12.4 Å². The van der Waals surface area contributed by atoms with Gasteiger partial charge in [-0.2, -0.15) is 0 Å². The van der Waals surface area contributed by atoms with Gasteiger partial charge in [0.2, 0.25) is 0 Å². The van der Waals surface area contributed by atoms with E-state index >= 15 is 0 Å². The van der Waals surface area contributed by atoms with Crippen LogP contribution in [0.4, 0.5) is 11.4 Å². The van der Waals surface area contributed by atoms with Gasteiger partial charge in [0.05, 0.1) is 11.4 Å². The first-order valence-electron chi connectivity index (χ1n) is 6.78. The van der Waals surface area contributed by atoms with E-state index in [0.29, 0.717) is 0 Å². The molecule has 0 aliphatic heterocycles. The predicted molar refractivity (Wildman–Crippen MR) is 88.1 cm³/mol. The summed E-state index contributed by atoms with van der Waals surface area (Å²) in [4.78, 5) is 9.01. The molecule has 0 saturated carbocycles. The Kier molecular flexibility index (Phi) is 12.5. The molecule has 0 radical (unpaired) electrons. The van der Waals surface area contributed by atoms with Crippen molar-refractivity contribution in [2.75, 3.05) is 0 Å². The SMILES string of the molecule is Cc1cccc(C)c1N=CC=Nc1c(C)cccc1C.[Br-].[Br-].[Ni+2]. The van der Waals surface area contributed by atoms with Crippen molar-refractivity contribution in [2.45, 2.75) is 27.7 Å². The van der Waals surface area contributed by atoms with Crippen molar-refractivity contribution in [1.29, 1.82) is 0 Å². The van der Waals surface area contributed by atoms with E-state index in [1.165, 1.54) is 22.3 Å². The van der Waals surface area contributed by atoms with Crippen molar-refractivity contribution < 1.29 is 50.5 Å². The van der Waals surface area contributed by atoms with Gasteiger partial charge in [-0.25, -0.2) is 0 Å². The van der Waals surface area contributed by atoms with Gasteiger partial charge in [0.15, 0.2) is 0 Å². The number of benzene rings is 2. The second-order valence-electron chi connectivity index (χ2n) is 5.04. The van der Waals surface area contributed by atoms with Crippen LogP contribution < -0.4 is 34.0 Å². The van der Waals surface area contributed by atoms with E-state index in [4.69, 9.17) is 0 Å². The van der Waals surface area contributed by atoms with Gasteiger partial charge in [-0.15, -0.1) is 0 Å². The van der Waals surface area contributed by atoms with Gasteiger partial charge in [0.25, 0.3) is 0 Å². The number of rotatable bonds is 3. The molecular weight excluding hydrogens is 463 g/mol. The summed E-state index contributed by atoms with van der Waals surface area (Å²) in [5, 5.41) is 0. The van der Waals surface area contributed by atoms with Gasteiger partial charge < -0.3 is 34.0 Å². The summed E-state index contributed by atoms with van der Waals surface area (Å²) in [5.41, 5.74) is 6.79. The van der Waals surface area contributed by atoms with Crippen LogP contribution in [0.5, 0.6) is 0 Å². The second kappa shape index (κ2) is 11.7. The van der Waals surface area contributed by atoms with Crippen LogP contribution in [0.15, 0.2) is 46.4 Å². The van der Waals surface area contributed by atoms with E-state index in [1.54, 1.807) is 12.4 Å². The first kappa shape index (κ1) is 24.5. The molecule has 0 bridgehead atoms. The zero-order valence-electron chi connectivity index (χ0n) is 13.6. The van der Waals surface area contributed by atoms with Crippen LogP contribution in [0.25, 0.3) is 0 Å². The molecule has 0 N–H and O–H groups in total. The van der Waals surface area contributed by atoms with E-state index in [2.05, 4.69) is 74.1 Å². The van der Waals surface area contributed by atoms with E-state index in [9.17, 15) is 0 Å². The van der Waals surface area contributed by atoms with Crippen molar-refractivity contribution in [1.82, 2.24) is 0 Å². The first-order chi connectivity index (χ1) is 9.59. The maximum Gasteiger partial charge on any atom is 2.00 e. The molecule has 2 aromatic rings. The minimum absolute atomic E-state index is 0. The topological polar surface area (TPSA) is 24.7 Å². The predicted octanol–water partition coefficient (Wildman–Crippen LogP) is -0.969. The van der Waals surface area contributed by atoms with Crippen molar-refractivity contribution in [2.24, 2.45) is 9.98 Å². The largest absolute Gasteiger partial charge is 2.00 e. The van der Waals surface area contributed by atoms with Crippen LogP contribution in [0.2, 0.25) is 0 Å². The molecule has 0 heterocycles. The maximum absolute atomic E-state index is 4.51. The van der Waals surface area contributed by atoms with E-state index in [-0.39, 0.29) is 50.5 Å². The molecule has 0 fully saturated rings. The molecule has 5 heteroatoms. The van der Waals surface area contributed by atoms with E-state index in [0.717, 1.165) is 11.4 Å². The van der Waals surface area contributed by atoms with Crippen molar-refractivity contribution in [3.05, 3.63) is 58.7 Å². The summed E-state index contributed by atoms with van der Waals surface area (Å²) < 4.78 is 0. The number of halogens is 2. The van der Waals surface area contributed by atoms with Crippen LogP contribution >= 0.6 is 0 Å². The summed E-state index contributed by atoms with van der Waals surface area (Å²) >= 11 is 0. The van der Waals surface area contributed by atoms with Crippen molar-refractivity contribution in [3.8, 4) is 0 Å². The zero-order chi connectivity index (χ0) is 14.5. The van der Waals surface area contributed by atoms with Crippen LogP contribution in [0.3, 0.4) is 0 Å². The van der Waals surface area contributed by atoms with Crippen molar-refractivity contribution >= 4 is 23.8 Å². The fraction of sp³-hybridized carbons (Fsp3) is 0.222. The average molecular weight is 483 g/mol. The van der Waals surface area contributed by atoms with Gasteiger partial charge in [-0.1, -0.05) is 36.4 Å². The van der Waals surface area contributed by atoms with Gasteiger partial charge in [-0.3, -0.25) is 9.98 Å². The minimum atomic E-state index is 0. The van der Waals surface area contributed by atoms with Gasteiger partial charge in [0.1, 0.15) is 0 Å². The molecule has 2 aromatic carbocycles. The van der Waals surface area contributed by atoms with E-state index in [1.807, 2.05) is 0 Å². The van der Waals surface area contributed by atoms with Gasteiger partial charge >= 0.3 is 16.5 Å². The Morgan fingerprint density at radius 1 is 0.609 bits per heavy atom. The summed E-state index contributed by atoms with van der Waals surface area (Å²) in [5.74, 6) is 0. The summed E-state index contributed by atoms with van der Waals surface area (Å²) in [6.45, 7) is 8.29.